The Hall–Kier alpha value is -2.62. The Labute approximate surface area is 135 Å². The Morgan fingerprint density at radius 2 is 1.78 bits per heavy atom. The molecular weight excluding hydrogens is 293 g/mol. The molecule has 4 heteroatoms. The Bertz CT molecular complexity index is 720. The molecule has 0 radical (unpaired) electrons. The molecular formula is C19H20FNO2. The summed E-state index contributed by atoms with van der Waals surface area (Å²) in [6, 6.07) is 14.1. The fraction of sp³-hybridized carbons (Fsp3) is 0.211. The van der Waals surface area contributed by atoms with E-state index in [0.29, 0.717) is 0 Å². The molecule has 2 aromatic carbocycles. The van der Waals surface area contributed by atoms with E-state index in [0.717, 1.165) is 16.8 Å². The first kappa shape index (κ1) is 16.7. The third kappa shape index (κ3) is 4.19. The van der Waals surface area contributed by atoms with Crippen LogP contribution >= 0.6 is 0 Å². The molecule has 0 fully saturated rings. The second kappa shape index (κ2) is 7.09. The highest BCUT2D eigenvalue weighted by Gasteiger charge is 2.15. The number of carboxylic acids is 1. The summed E-state index contributed by atoms with van der Waals surface area (Å²) in [5, 5.41) is 9.15. The van der Waals surface area contributed by atoms with E-state index in [2.05, 4.69) is 0 Å². The van der Waals surface area contributed by atoms with Crippen molar-refractivity contribution in [1.82, 2.24) is 0 Å². The largest absolute Gasteiger partial charge is 0.478 e. The second-order valence-electron chi connectivity index (χ2n) is 5.67. The molecule has 3 nitrogen and oxygen atoms in total. The maximum atomic E-state index is 13.6. The number of halogens is 1. The van der Waals surface area contributed by atoms with Crippen molar-refractivity contribution in [2.75, 3.05) is 19.0 Å². The van der Waals surface area contributed by atoms with Crippen LogP contribution in [0, 0.1) is 5.82 Å². The van der Waals surface area contributed by atoms with Gasteiger partial charge in [-0.2, -0.15) is 0 Å². The summed E-state index contributed by atoms with van der Waals surface area (Å²) in [6.45, 7) is 1.54. The van der Waals surface area contributed by atoms with Crippen molar-refractivity contribution in [1.29, 1.82) is 0 Å². The number of nitrogens with zero attached hydrogens (tertiary/aromatic N) is 1. The number of carbonyl (C=O) groups is 1. The van der Waals surface area contributed by atoms with Crippen molar-refractivity contribution >= 4 is 11.7 Å². The van der Waals surface area contributed by atoms with E-state index in [4.69, 9.17) is 5.11 Å². The van der Waals surface area contributed by atoms with Crippen LogP contribution in [-0.4, -0.2) is 25.2 Å². The van der Waals surface area contributed by atoms with Gasteiger partial charge in [-0.3, -0.25) is 0 Å². The molecule has 0 aliphatic carbocycles. The molecule has 0 aliphatic heterocycles. The highest BCUT2D eigenvalue weighted by molar-refractivity contribution is 5.86. The molecule has 0 aliphatic rings. The van der Waals surface area contributed by atoms with Crippen LogP contribution in [-0.2, 0) is 4.79 Å². The first-order valence-electron chi connectivity index (χ1n) is 7.33. The SMILES string of the molecule is C/C(=C\C(c1ccc(N(C)C)cc1)c1cccc(F)c1)C(=O)O. The fourth-order valence-corrected chi connectivity index (χ4v) is 2.39. The van der Waals surface area contributed by atoms with Crippen LogP contribution in [0.2, 0.25) is 0 Å². The first-order valence-corrected chi connectivity index (χ1v) is 7.33. The van der Waals surface area contributed by atoms with Crippen molar-refractivity contribution in [3.05, 3.63) is 77.1 Å². The van der Waals surface area contributed by atoms with Gasteiger partial charge in [-0.1, -0.05) is 30.3 Å². The van der Waals surface area contributed by atoms with E-state index in [-0.39, 0.29) is 17.3 Å². The average molecular weight is 313 g/mol. The fourth-order valence-electron chi connectivity index (χ4n) is 2.39. The summed E-state index contributed by atoms with van der Waals surface area (Å²) in [5.74, 6) is -1.62. The molecule has 120 valence electrons. The van der Waals surface area contributed by atoms with Crippen molar-refractivity contribution in [2.45, 2.75) is 12.8 Å². The Morgan fingerprint density at radius 3 is 2.30 bits per heavy atom. The van der Waals surface area contributed by atoms with Crippen LogP contribution in [0.3, 0.4) is 0 Å². The van der Waals surface area contributed by atoms with E-state index in [1.165, 1.54) is 12.1 Å². The summed E-state index contributed by atoms with van der Waals surface area (Å²) in [5.41, 5.74) is 2.92. The number of hydrogen-bond acceptors (Lipinski definition) is 2. The minimum absolute atomic E-state index is 0.232. The standard InChI is InChI=1S/C19H20FNO2/c1-13(19(22)23)11-18(15-5-4-6-16(20)12-15)14-7-9-17(10-8-14)21(2)3/h4-12,18H,1-3H3,(H,22,23)/b13-11+. The number of rotatable bonds is 5. The second-order valence-corrected chi connectivity index (χ2v) is 5.67. The van der Waals surface area contributed by atoms with E-state index in [1.807, 2.05) is 43.3 Å². The minimum atomic E-state index is -0.976. The van der Waals surface area contributed by atoms with Gasteiger partial charge < -0.3 is 10.0 Å². The lowest BCUT2D eigenvalue weighted by Gasteiger charge is -2.17. The Morgan fingerprint density at radius 1 is 1.13 bits per heavy atom. The molecule has 0 saturated heterocycles. The van der Waals surface area contributed by atoms with Crippen LogP contribution < -0.4 is 4.90 Å². The van der Waals surface area contributed by atoms with Gasteiger partial charge >= 0.3 is 5.97 Å². The molecule has 1 unspecified atom stereocenters. The van der Waals surface area contributed by atoms with Gasteiger partial charge in [-0.15, -0.1) is 0 Å². The number of carboxylic acid groups (broad SMARTS) is 1. The Kier molecular flexibility index (Phi) is 5.16. The van der Waals surface area contributed by atoms with Crippen molar-refractivity contribution in [2.24, 2.45) is 0 Å². The van der Waals surface area contributed by atoms with Crippen molar-refractivity contribution in [3.8, 4) is 0 Å². The third-order valence-electron chi connectivity index (χ3n) is 3.73. The van der Waals surface area contributed by atoms with Crippen molar-refractivity contribution < 1.29 is 14.3 Å². The van der Waals surface area contributed by atoms with Gasteiger partial charge in [-0.25, -0.2) is 9.18 Å². The van der Waals surface area contributed by atoms with Gasteiger partial charge in [0.05, 0.1) is 0 Å². The molecule has 23 heavy (non-hydrogen) atoms. The molecule has 0 aromatic heterocycles. The zero-order valence-electron chi connectivity index (χ0n) is 13.5. The topological polar surface area (TPSA) is 40.5 Å². The number of benzene rings is 2. The molecule has 1 atom stereocenters. The quantitative estimate of drug-likeness (QED) is 0.846. The van der Waals surface area contributed by atoms with Gasteiger partial charge in [0.25, 0.3) is 0 Å². The molecule has 0 spiro atoms. The summed E-state index contributed by atoms with van der Waals surface area (Å²) in [4.78, 5) is 13.1. The number of allylic oxidation sites excluding steroid dienone is 1. The van der Waals surface area contributed by atoms with Crippen LogP contribution in [0.25, 0.3) is 0 Å². The number of hydrogen-bond donors (Lipinski definition) is 1. The monoisotopic (exact) mass is 313 g/mol. The lowest BCUT2D eigenvalue weighted by molar-refractivity contribution is -0.132. The molecule has 0 amide bonds. The maximum absolute atomic E-state index is 13.6. The van der Waals surface area contributed by atoms with Gasteiger partial charge in [0.15, 0.2) is 0 Å². The minimum Gasteiger partial charge on any atom is -0.478 e. The first-order chi connectivity index (χ1) is 10.9. The number of anilines is 1. The van der Waals surface area contributed by atoms with Gasteiger partial charge in [-0.05, 0) is 42.3 Å². The van der Waals surface area contributed by atoms with E-state index in [9.17, 15) is 9.18 Å². The smallest absolute Gasteiger partial charge is 0.330 e. The van der Waals surface area contributed by atoms with E-state index < -0.39 is 5.97 Å². The Balaban J connectivity index is 2.49. The molecule has 2 aromatic rings. The van der Waals surface area contributed by atoms with Crippen molar-refractivity contribution in [3.63, 3.8) is 0 Å². The molecule has 1 N–H and O–H groups in total. The van der Waals surface area contributed by atoms with Crippen LogP contribution in [0.1, 0.15) is 24.0 Å². The third-order valence-corrected chi connectivity index (χ3v) is 3.73. The van der Waals surface area contributed by atoms with E-state index in [1.54, 1.807) is 25.1 Å². The predicted molar refractivity (Wildman–Crippen MR) is 90.4 cm³/mol. The van der Waals surface area contributed by atoms with Gasteiger partial charge in [0.2, 0.25) is 0 Å². The number of aliphatic carboxylic acids is 1. The summed E-state index contributed by atoms with van der Waals surface area (Å²) in [6.07, 6.45) is 1.65. The molecule has 0 heterocycles. The summed E-state index contributed by atoms with van der Waals surface area (Å²) in [7, 11) is 3.90. The molecule has 0 saturated carbocycles. The average Bonchev–Trinajstić information content (AvgIpc) is 2.52. The molecule has 0 bridgehead atoms. The summed E-state index contributed by atoms with van der Waals surface area (Å²) < 4.78 is 13.6. The highest BCUT2D eigenvalue weighted by atomic mass is 19.1. The highest BCUT2D eigenvalue weighted by Crippen LogP contribution is 2.29. The maximum Gasteiger partial charge on any atom is 0.330 e. The van der Waals surface area contributed by atoms with Crippen LogP contribution in [0.15, 0.2) is 60.2 Å². The van der Waals surface area contributed by atoms with Gasteiger partial charge in [0.1, 0.15) is 5.82 Å². The zero-order chi connectivity index (χ0) is 17.0. The predicted octanol–water partition coefficient (Wildman–Crippen LogP) is 4.05. The zero-order valence-corrected chi connectivity index (χ0v) is 13.5. The van der Waals surface area contributed by atoms with E-state index >= 15 is 0 Å². The molecule has 2 rings (SSSR count). The van der Waals surface area contributed by atoms with Gasteiger partial charge in [0, 0.05) is 31.3 Å². The normalized spacial score (nSPS) is 12.8. The van der Waals surface area contributed by atoms with Crippen LogP contribution in [0.5, 0.6) is 0 Å². The lowest BCUT2D eigenvalue weighted by Crippen LogP contribution is -2.09. The van der Waals surface area contributed by atoms with Crippen LogP contribution in [0.4, 0.5) is 10.1 Å². The summed E-state index contributed by atoms with van der Waals surface area (Å²) >= 11 is 0. The lowest BCUT2D eigenvalue weighted by atomic mass is 9.89.